The normalized spacial score (nSPS) is 10.5. The topological polar surface area (TPSA) is 96.7 Å². The molecule has 2 aromatic heterocycles. The third-order valence-electron chi connectivity index (χ3n) is 2.69. The molecular formula is C13H11N5O. The molecule has 3 aromatic rings. The second-order valence-electron chi connectivity index (χ2n) is 4.07. The molecule has 1 aromatic carbocycles. The van der Waals surface area contributed by atoms with Crippen molar-refractivity contribution in [2.24, 2.45) is 0 Å². The van der Waals surface area contributed by atoms with E-state index >= 15 is 0 Å². The molecule has 0 bridgehead atoms. The SMILES string of the molecule is Nc1ccc2[nH]c(C(=O)Nc3cnccn3)cc2c1. The van der Waals surface area contributed by atoms with Crippen LogP contribution in [0.25, 0.3) is 10.9 Å². The molecule has 0 aliphatic carbocycles. The number of nitrogens with two attached hydrogens (primary N) is 1. The maximum Gasteiger partial charge on any atom is 0.273 e. The molecule has 0 unspecified atom stereocenters. The molecule has 2 heterocycles. The summed E-state index contributed by atoms with van der Waals surface area (Å²) in [6, 6.07) is 7.18. The van der Waals surface area contributed by atoms with Crippen LogP contribution in [0.2, 0.25) is 0 Å². The highest BCUT2D eigenvalue weighted by atomic mass is 16.1. The average molecular weight is 253 g/mol. The lowest BCUT2D eigenvalue weighted by atomic mass is 10.2. The number of aromatic nitrogens is 3. The Morgan fingerprint density at radius 3 is 2.95 bits per heavy atom. The summed E-state index contributed by atoms with van der Waals surface area (Å²) in [6.45, 7) is 0. The van der Waals surface area contributed by atoms with Crippen LogP contribution in [-0.2, 0) is 0 Å². The molecule has 0 fully saturated rings. The van der Waals surface area contributed by atoms with Crippen molar-refractivity contribution in [2.45, 2.75) is 0 Å². The number of H-pyrrole nitrogens is 1. The quantitative estimate of drug-likeness (QED) is 0.606. The predicted octanol–water partition coefficient (Wildman–Crippen LogP) is 1.79. The lowest BCUT2D eigenvalue weighted by Gasteiger charge is -2.00. The largest absolute Gasteiger partial charge is 0.399 e. The Balaban J connectivity index is 1.89. The first-order valence-electron chi connectivity index (χ1n) is 5.68. The minimum atomic E-state index is -0.268. The number of hydrogen-bond acceptors (Lipinski definition) is 4. The molecule has 0 saturated heterocycles. The average Bonchev–Trinajstić information content (AvgIpc) is 2.83. The lowest BCUT2D eigenvalue weighted by molar-refractivity contribution is 0.102. The maximum atomic E-state index is 12.0. The molecule has 0 aliphatic rings. The lowest BCUT2D eigenvalue weighted by Crippen LogP contribution is -2.13. The molecule has 19 heavy (non-hydrogen) atoms. The van der Waals surface area contributed by atoms with Crippen molar-refractivity contribution in [3.05, 3.63) is 48.5 Å². The number of carbonyl (C=O) groups excluding carboxylic acids is 1. The number of nitrogens with one attached hydrogen (secondary N) is 2. The number of carbonyl (C=O) groups is 1. The van der Waals surface area contributed by atoms with Gasteiger partial charge >= 0.3 is 0 Å². The van der Waals surface area contributed by atoms with E-state index in [9.17, 15) is 4.79 Å². The number of anilines is 2. The summed E-state index contributed by atoms with van der Waals surface area (Å²) in [5.41, 5.74) is 7.67. The molecular weight excluding hydrogens is 242 g/mol. The summed E-state index contributed by atoms with van der Waals surface area (Å²) in [5, 5.41) is 3.55. The fraction of sp³-hybridized carbons (Fsp3) is 0. The van der Waals surface area contributed by atoms with Gasteiger partial charge in [0.15, 0.2) is 5.82 Å². The molecule has 0 saturated carbocycles. The van der Waals surface area contributed by atoms with E-state index in [1.165, 1.54) is 12.4 Å². The van der Waals surface area contributed by atoms with Crippen LogP contribution in [0.15, 0.2) is 42.9 Å². The van der Waals surface area contributed by atoms with Crippen LogP contribution >= 0.6 is 0 Å². The van der Waals surface area contributed by atoms with Gasteiger partial charge in [0, 0.05) is 29.0 Å². The minimum absolute atomic E-state index is 0.268. The van der Waals surface area contributed by atoms with E-state index in [0.29, 0.717) is 17.2 Å². The molecule has 0 atom stereocenters. The molecule has 6 nitrogen and oxygen atoms in total. The Morgan fingerprint density at radius 1 is 1.26 bits per heavy atom. The second kappa shape index (κ2) is 4.41. The standard InChI is InChI=1S/C13H11N5O/c14-9-1-2-10-8(5-9)6-11(17-10)13(19)18-12-7-15-3-4-16-12/h1-7,17H,14H2,(H,16,18,19). The van der Waals surface area contributed by atoms with E-state index < -0.39 is 0 Å². The predicted molar refractivity (Wildman–Crippen MR) is 72.7 cm³/mol. The number of rotatable bonds is 2. The van der Waals surface area contributed by atoms with Gasteiger partial charge in [0.1, 0.15) is 5.69 Å². The van der Waals surface area contributed by atoms with Crippen molar-refractivity contribution in [3.8, 4) is 0 Å². The molecule has 3 rings (SSSR count). The molecule has 4 N–H and O–H groups in total. The summed E-state index contributed by atoms with van der Waals surface area (Å²) in [5.74, 6) is 0.140. The molecule has 0 spiro atoms. The number of amides is 1. The number of aromatic amines is 1. The fourth-order valence-corrected chi connectivity index (χ4v) is 1.82. The van der Waals surface area contributed by atoms with Crippen LogP contribution in [0.5, 0.6) is 0 Å². The van der Waals surface area contributed by atoms with E-state index in [1.54, 1.807) is 18.3 Å². The Bertz CT molecular complexity index is 735. The number of nitrogens with zero attached hydrogens (tertiary/aromatic N) is 2. The third kappa shape index (κ3) is 2.23. The summed E-state index contributed by atoms with van der Waals surface area (Å²) in [4.78, 5) is 22.9. The van der Waals surface area contributed by atoms with Crippen LogP contribution in [-0.4, -0.2) is 20.9 Å². The van der Waals surface area contributed by atoms with Gasteiger partial charge < -0.3 is 16.0 Å². The van der Waals surface area contributed by atoms with Crippen LogP contribution in [0.4, 0.5) is 11.5 Å². The highest BCUT2D eigenvalue weighted by molar-refractivity contribution is 6.05. The van der Waals surface area contributed by atoms with Crippen molar-refractivity contribution in [1.82, 2.24) is 15.0 Å². The van der Waals surface area contributed by atoms with Gasteiger partial charge in [-0.3, -0.25) is 9.78 Å². The van der Waals surface area contributed by atoms with Gasteiger partial charge in [-0.05, 0) is 24.3 Å². The van der Waals surface area contributed by atoms with Crippen LogP contribution in [0.3, 0.4) is 0 Å². The van der Waals surface area contributed by atoms with Crippen molar-refractivity contribution >= 4 is 28.3 Å². The minimum Gasteiger partial charge on any atom is -0.399 e. The summed E-state index contributed by atoms with van der Waals surface area (Å²) in [7, 11) is 0. The van der Waals surface area contributed by atoms with Crippen molar-refractivity contribution in [3.63, 3.8) is 0 Å². The van der Waals surface area contributed by atoms with Gasteiger partial charge in [-0.1, -0.05) is 0 Å². The van der Waals surface area contributed by atoms with E-state index in [2.05, 4.69) is 20.3 Å². The van der Waals surface area contributed by atoms with Crippen molar-refractivity contribution in [2.75, 3.05) is 11.1 Å². The number of fused-ring (bicyclic) bond motifs is 1. The van der Waals surface area contributed by atoms with Crippen molar-refractivity contribution < 1.29 is 4.79 Å². The summed E-state index contributed by atoms with van der Waals surface area (Å²) < 4.78 is 0. The van der Waals surface area contributed by atoms with E-state index in [4.69, 9.17) is 5.73 Å². The highest BCUT2D eigenvalue weighted by Crippen LogP contribution is 2.18. The first-order valence-corrected chi connectivity index (χ1v) is 5.68. The zero-order valence-electron chi connectivity index (χ0n) is 9.92. The van der Waals surface area contributed by atoms with Gasteiger partial charge in [0.05, 0.1) is 6.20 Å². The zero-order valence-corrected chi connectivity index (χ0v) is 9.92. The molecule has 0 aliphatic heterocycles. The first-order chi connectivity index (χ1) is 9.22. The monoisotopic (exact) mass is 253 g/mol. The molecule has 0 radical (unpaired) electrons. The second-order valence-corrected chi connectivity index (χ2v) is 4.07. The Morgan fingerprint density at radius 2 is 2.16 bits per heavy atom. The Hall–Kier alpha value is -2.89. The van der Waals surface area contributed by atoms with Crippen LogP contribution < -0.4 is 11.1 Å². The van der Waals surface area contributed by atoms with Crippen LogP contribution in [0.1, 0.15) is 10.5 Å². The highest BCUT2D eigenvalue weighted by Gasteiger charge is 2.10. The third-order valence-corrected chi connectivity index (χ3v) is 2.69. The van der Waals surface area contributed by atoms with Crippen molar-refractivity contribution in [1.29, 1.82) is 0 Å². The van der Waals surface area contributed by atoms with Gasteiger partial charge in [0.2, 0.25) is 0 Å². The summed E-state index contributed by atoms with van der Waals surface area (Å²) >= 11 is 0. The van der Waals surface area contributed by atoms with Gasteiger partial charge in [0.25, 0.3) is 5.91 Å². The van der Waals surface area contributed by atoms with Gasteiger partial charge in [-0.25, -0.2) is 4.98 Å². The first kappa shape index (κ1) is 11.2. The summed E-state index contributed by atoms with van der Waals surface area (Å²) in [6.07, 6.45) is 4.54. The van der Waals surface area contributed by atoms with Crippen LogP contribution in [0, 0.1) is 0 Å². The zero-order chi connectivity index (χ0) is 13.2. The number of nitrogen functional groups attached to an aromatic ring is 1. The fourth-order valence-electron chi connectivity index (χ4n) is 1.82. The van der Waals surface area contributed by atoms with E-state index in [0.717, 1.165) is 10.9 Å². The maximum absolute atomic E-state index is 12.0. The molecule has 6 heteroatoms. The molecule has 94 valence electrons. The smallest absolute Gasteiger partial charge is 0.273 e. The van der Waals surface area contributed by atoms with E-state index in [-0.39, 0.29) is 5.91 Å². The van der Waals surface area contributed by atoms with Gasteiger partial charge in [-0.2, -0.15) is 0 Å². The van der Waals surface area contributed by atoms with Gasteiger partial charge in [-0.15, -0.1) is 0 Å². The number of benzene rings is 1. The number of hydrogen-bond donors (Lipinski definition) is 3. The Labute approximate surface area is 108 Å². The molecule has 1 amide bonds. The van der Waals surface area contributed by atoms with E-state index in [1.807, 2.05) is 12.1 Å². The Kier molecular flexibility index (Phi) is 2.60.